The molecule has 21 heavy (non-hydrogen) atoms. The molecule has 1 amide bonds. The summed E-state index contributed by atoms with van der Waals surface area (Å²) in [4.78, 5) is 12.1. The molecule has 0 radical (unpaired) electrons. The molecule has 0 aliphatic rings. The van der Waals surface area contributed by atoms with Gasteiger partial charge in [-0.25, -0.2) is 8.78 Å². The Labute approximate surface area is 136 Å². The summed E-state index contributed by atoms with van der Waals surface area (Å²) >= 11 is 6.62. The van der Waals surface area contributed by atoms with Crippen molar-refractivity contribution in [3.63, 3.8) is 0 Å². The van der Waals surface area contributed by atoms with E-state index >= 15 is 0 Å². The molecule has 2 aromatic carbocycles. The first-order valence-electron chi connectivity index (χ1n) is 5.81. The van der Waals surface area contributed by atoms with E-state index in [1.807, 2.05) is 6.92 Å². The molecule has 3 N–H and O–H groups in total. The molecule has 2 rings (SSSR count). The van der Waals surface area contributed by atoms with Gasteiger partial charge < -0.3 is 11.1 Å². The molecule has 3 nitrogen and oxygen atoms in total. The van der Waals surface area contributed by atoms with Crippen LogP contribution in [0, 0.1) is 18.6 Å². The molecule has 0 saturated heterocycles. The van der Waals surface area contributed by atoms with E-state index in [0.29, 0.717) is 14.6 Å². The second-order valence-corrected chi connectivity index (χ2v) is 6.12. The Morgan fingerprint density at radius 2 is 1.71 bits per heavy atom. The van der Waals surface area contributed by atoms with E-state index in [1.54, 1.807) is 12.1 Å². The first kappa shape index (κ1) is 15.9. The summed E-state index contributed by atoms with van der Waals surface area (Å²) in [5.74, 6) is -2.52. The van der Waals surface area contributed by atoms with Gasteiger partial charge in [-0.3, -0.25) is 4.79 Å². The van der Waals surface area contributed by atoms with Crippen molar-refractivity contribution < 1.29 is 13.6 Å². The van der Waals surface area contributed by atoms with Gasteiger partial charge in [0.25, 0.3) is 5.91 Å². The molecule has 2 aromatic rings. The van der Waals surface area contributed by atoms with Gasteiger partial charge in [0.15, 0.2) is 5.82 Å². The summed E-state index contributed by atoms with van der Waals surface area (Å²) < 4.78 is 28.3. The molecular weight excluding hydrogens is 410 g/mol. The van der Waals surface area contributed by atoms with Crippen molar-refractivity contribution in [3.05, 3.63) is 56.0 Å². The van der Waals surface area contributed by atoms with Crippen molar-refractivity contribution in [1.29, 1.82) is 0 Å². The van der Waals surface area contributed by atoms with Gasteiger partial charge in [0.05, 0.1) is 16.9 Å². The summed E-state index contributed by atoms with van der Waals surface area (Å²) in [5.41, 5.74) is 5.84. The molecule has 7 heteroatoms. The maximum absolute atomic E-state index is 13.8. The van der Waals surface area contributed by atoms with E-state index in [9.17, 15) is 13.6 Å². The van der Waals surface area contributed by atoms with Crippen LogP contribution in [0.3, 0.4) is 0 Å². The van der Waals surface area contributed by atoms with Gasteiger partial charge in [0, 0.05) is 8.95 Å². The molecular formula is C14H10Br2F2N2O. The molecule has 110 valence electrons. The lowest BCUT2D eigenvalue weighted by molar-refractivity contribution is 0.102. The van der Waals surface area contributed by atoms with Crippen LogP contribution in [0.4, 0.5) is 20.2 Å². The first-order chi connectivity index (χ1) is 9.79. The van der Waals surface area contributed by atoms with E-state index in [-0.39, 0.29) is 0 Å². The molecule has 0 aliphatic heterocycles. The standard InChI is InChI=1S/C14H10Br2F2N2O/c1-6-2-9(15)13(10(16)3-6)20-14(21)8-4-7(17)5-11(19)12(8)18/h2-5H,19H2,1H3,(H,20,21). The molecule has 0 heterocycles. The van der Waals surface area contributed by atoms with Crippen molar-refractivity contribution in [3.8, 4) is 0 Å². The van der Waals surface area contributed by atoms with Crippen LogP contribution in [0.1, 0.15) is 15.9 Å². The van der Waals surface area contributed by atoms with E-state index < -0.39 is 28.8 Å². The highest BCUT2D eigenvalue weighted by Gasteiger charge is 2.18. The van der Waals surface area contributed by atoms with Gasteiger partial charge in [0.1, 0.15) is 5.82 Å². The highest BCUT2D eigenvalue weighted by Crippen LogP contribution is 2.33. The number of halogens is 4. The summed E-state index contributed by atoms with van der Waals surface area (Å²) in [7, 11) is 0. The Bertz CT molecular complexity index is 712. The second-order valence-electron chi connectivity index (χ2n) is 4.41. The van der Waals surface area contributed by atoms with Crippen LogP contribution in [0.15, 0.2) is 33.2 Å². The third-order valence-corrected chi connectivity index (χ3v) is 3.99. The summed E-state index contributed by atoms with van der Waals surface area (Å²) in [6.07, 6.45) is 0. The summed E-state index contributed by atoms with van der Waals surface area (Å²) in [6.45, 7) is 1.88. The van der Waals surface area contributed by atoms with Crippen LogP contribution in [0.5, 0.6) is 0 Å². The zero-order valence-electron chi connectivity index (χ0n) is 10.8. The van der Waals surface area contributed by atoms with Crippen molar-refractivity contribution >= 4 is 49.1 Å². The van der Waals surface area contributed by atoms with Gasteiger partial charge in [0.2, 0.25) is 0 Å². The lowest BCUT2D eigenvalue weighted by Gasteiger charge is -2.12. The maximum atomic E-state index is 13.8. The quantitative estimate of drug-likeness (QED) is 0.697. The molecule has 0 aromatic heterocycles. The molecule has 0 bridgehead atoms. The van der Waals surface area contributed by atoms with Crippen LogP contribution >= 0.6 is 31.9 Å². The molecule has 0 aliphatic carbocycles. The number of benzene rings is 2. The monoisotopic (exact) mass is 418 g/mol. The van der Waals surface area contributed by atoms with E-state index in [0.717, 1.165) is 17.7 Å². The molecule has 0 fully saturated rings. The fourth-order valence-corrected chi connectivity index (χ4v) is 3.39. The predicted octanol–water partition coefficient (Wildman–Crippen LogP) is 4.63. The minimum atomic E-state index is -0.951. The van der Waals surface area contributed by atoms with Crippen LogP contribution in [0.25, 0.3) is 0 Å². The number of nitrogen functional groups attached to an aromatic ring is 1. The van der Waals surface area contributed by atoms with E-state index in [4.69, 9.17) is 5.73 Å². The highest BCUT2D eigenvalue weighted by molar-refractivity contribution is 9.11. The lowest BCUT2D eigenvalue weighted by Crippen LogP contribution is -2.16. The zero-order chi connectivity index (χ0) is 15.7. The molecule has 0 atom stereocenters. The number of carbonyl (C=O) groups is 1. The molecule has 0 saturated carbocycles. The van der Waals surface area contributed by atoms with Crippen LogP contribution in [0.2, 0.25) is 0 Å². The van der Waals surface area contributed by atoms with E-state index in [1.165, 1.54) is 0 Å². The maximum Gasteiger partial charge on any atom is 0.258 e. The number of amides is 1. The largest absolute Gasteiger partial charge is 0.396 e. The van der Waals surface area contributed by atoms with Gasteiger partial charge in [-0.2, -0.15) is 0 Å². The minimum Gasteiger partial charge on any atom is -0.396 e. The number of anilines is 2. The minimum absolute atomic E-state index is 0.415. The zero-order valence-corrected chi connectivity index (χ0v) is 14.0. The number of aryl methyl sites for hydroxylation is 1. The van der Waals surface area contributed by atoms with Crippen molar-refractivity contribution in [1.82, 2.24) is 0 Å². The van der Waals surface area contributed by atoms with E-state index in [2.05, 4.69) is 37.2 Å². The van der Waals surface area contributed by atoms with Crippen LogP contribution in [-0.2, 0) is 0 Å². The van der Waals surface area contributed by atoms with Crippen molar-refractivity contribution in [2.75, 3.05) is 11.1 Å². The predicted molar refractivity (Wildman–Crippen MR) is 85.3 cm³/mol. The Morgan fingerprint density at radius 3 is 2.29 bits per heavy atom. The van der Waals surface area contributed by atoms with Gasteiger partial charge >= 0.3 is 0 Å². The highest BCUT2D eigenvalue weighted by atomic mass is 79.9. The van der Waals surface area contributed by atoms with Crippen molar-refractivity contribution in [2.24, 2.45) is 0 Å². The number of hydrogen-bond donors (Lipinski definition) is 2. The average molecular weight is 420 g/mol. The second kappa shape index (κ2) is 6.11. The SMILES string of the molecule is Cc1cc(Br)c(NC(=O)c2cc(F)cc(N)c2F)c(Br)c1. The first-order valence-corrected chi connectivity index (χ1v) is 7.39. The Morgan fingerprint density at radius 1 is 1.14 bits per heavy atom. The smallest absolute Gasteiger partial charge is 0.258 e. The third kappa shape index (κ3) is 3.41. The number of carbonyl (C=O) groups excluding carboxylic acids is 1. The van der Waals surface area contributed by atoms with Gasteiger partial charge in [-0.05, 0) is 68.6 Å². The Balaban J connectivity index is 2.40. The molecule has 0 unspecified atom stereocenters. The van der Waals surface area contributed by atoms with Crippen molar-refractivity contribution in [2.45, 2.75) is 6.92 Å². The van der Waals surface area contributed by atoms with Crippen LogP contribution < -0.4 is 11.1 Å². The Hall–Kier alpha value is -1.47. The average Bonchev–Trinajstić information content (AvgIpc) is 2.37. The molecule has 0 spiro atoms. The normalized spacial score (nSPS) is 10.5. The number of hydrogen-bond acceptors (Lipinski definition) is 2. The fourth-order valence-electron chi connectivity index (χ4n) is 1.78. The number of rotatable bonds is 2. The Kier molecular flexibility index (Phi) is 4.63. The number of nitrogens with two attached hydrogens (primary N) is 1. The van der Waals surface area contributed by atoms with Gasteiger partial charge in [-0.15, -0.1) is 0 Å². The summed E-state index contributed by atoms with van der Waals surface area (Å²) in [6, 6.07) is 5.20. The van der Waals surface area contributed by atoms with Gasteiger partial charge in [-0.1, -0.05) is 0 Å². The lowest BCUT2D eigenvalue weighted by atomic mass is 10.1. The van der Waals surface area contributed by atoms with Crippen LogP contribution in [-0.4, -0.2) is 5.91 Å². The third-order valence-electron chi connectivity index (χ3n) is 2.74. The fraction of sp³-hybridized carbons (Fsp3) is 0.0714. The topological polar surface area (TPSA) is 55.1 Å². The number of nitrogens with one attached hydrogen (secondary N) is 1. The summed E-state index contributed by atoms with van der Waals surface area (Å²) in [5, 5.41) is 2.52.